The summed E-state index contributed by atoms with van der Waals surface area (Å²) in [6.07, 6.45) is 9.51. The van der Waals surface area contributed by atoms with Crippen LogP contribution in [0.3, 0.4) is 0 Å². The van der Waals surface area contributed by atoms with E-state index in [1.165, 1.54) is 91.5 Å². The van der Waals surface area contributed by atoms with Gasteiger partial charge in [0, 0.05) is 17.0 Å². The molecule has 1 aliphatic heterocycles. The van der Waals surface area contributed by atoms with Crippen LogP contribution in [0.2, 0.25) is 0 Å². The van der Waals surface area contributed by atoms with E-state index in [4.69, 9.17) is 4.74 Å². The Morgan fingerprint density at radius 2 is 1.66 bits per heavy atom. The minimum Gasteiger partial charge on any atom is -0.455 e. The Kier molecular flexibility index (Phi) is 6.88. The second-order valence-corrected chi connectivity index (χ2v) is 16.5. The van der Waals surface area contributed by atoms with Gasteiger partial charge in [0.1, 0.15) is 18.5 Å². The molecule has 0 amide bonds. The van der Waals surface area contributed by atoms with Crippen LogP contribution in [-0.2, 0) is 19.9 Å². The van der Waals surface area contributed by atoms with Gasteiger partial charge in [0.15, 0.2) is 6.20 Å². The normalized spacial score (nSPS) is 16.6. The van der Waals surface area contributed by atoms with Crippen molar-refractivity contribution in [3.63, 3.8) is 0 Å². The predicted octanol–water partition coefficient (Wildman–Crippen LogP) is 11.5. The number of aryl methyl sites for hydroxylation is 2. The molecule has 1 fully saturated rings. The first kappa shape index (κ1) is 29.3. The van der Waals surface area contributed by atoms with E-state index in [0.29, 0.717) is 17.3 Å². The molecule has 1 saturated carbocycles. The zero-order valence-electron chi connectivity index (χ0n) is 28.4. The molecule has 2 heterocycles. The number of rotatable bonds is 4. The highest BCUT2D eigenvalue weighted by atomic mass is 16.5. The second-order valence-electron chi connectivity index (χ2n) is 16.5. The van der Waals surface area contributed by atoms with Crippen molar-refractivity contribution in [1.82, 2.24) is 0 Å². The van der Waals surface area contributed by atoms with E-state index >= 15 is 0 Å². The largest absolute Gasteiger partial charge is 0.455 e. The summed E-state index contributed by atoms with van der Waals surface area (Å²) in [5.41, 5.74) is 8.86. The summed E-state index contributed by atoms with van der Waals surface area (Å²) in [5.74, 6) is 3.23. The van der Waals surface area contributed by atoms with E-state index in [1.807, 2.05) is 0 Å². The second kappa shape index (κ2) is 10.3. The fourth-order valence-electron chi connectivity index (χ4n) is 8.22. The predicted molar refractivity (Wildman–Crippen MR) is 187 cm³/mol. The van der Waals surface area contributed by atoms with Gasteiger partial charge >= 0.3 is 0 Å². The Bertz CT molecular complexity index is 1940. The van der Waals surface area contributed by atoms with Crippen LogP contribution in [0, 0.1) is 23.7 Å². The monoisotopic (exact) mass is 584 g/mol. The van der Waals surface area contributed by atoms with E-state index in [2.05, 4.69) is 122 Å². The smallest absolute Gasteiger partial charge is 0.228 e. The lowest BCUT2D eigenvalue weighted by Crippen LogP contribution is -2.32. The van der Waals surface area contributed by atoms with Crippen LogP contribution in [-0.4, -0.2) is 0 Å². The van der Waals surface area contributed by atoms with Crippen LogP contribution in [0.1, 0.15) is 102 Å². The summed E-state index contributed by atoms with van der Waals surface area (Å²) >= 11 is 0. The summed E-state index contributed by atoms with van der Waals surface area (Å²) in [6, 6.07) is 19.1. The first-order valence-corrected chi connectivity index (χ1v) is 16.9. The molecule has 2 heteroatoms. The van der Waals surface area contributed by atoms with E-state index in [9.17, 15) is 0 Å². The molecule has 2 nitrogen and oxygen atoms in total. The molecule has 1 aliphatic carbocycles. The van der Waals surface area contributed by atoms with E-state index in [1.54, 1.807) is 0 Å². The van der Waals surface area contributed by atoms with Gasteiger partial charge in [-0.25, -0.2) is 4.57 Å². The van der Waals surface area contributed by atoms with E-state index in [-0.39, 0.29) is 5.41 Å². The molecule has 4 aromatic carbocycles. The zero-order valence-corrected chi connectivity index (χ0v) is 28.4. The van der Waals surface area contributed by atoms with Crippen molar-refractivity contribution >= 4 is 32.3 Å². The number of benzene rings is 4. The average Bonchev–Trinajstić information content (AvgIpc) is 2.95. The summed E-state index contributed by atoms with van der Waals surface area (Å²) in [7, 11) is 2.21. The molecule has 0 radical (unpaired) electrons. The molecule has 0 bridgehead atoms. The topological polar surface area (TPSA) is 13.1 Å². The van der Waals surface area contributed by atoms with Gasteiger partial charge < -0.3 is 4.74 Å². The Morgan fingerprint density at radius 1 is 0.909 bits per heavy atom. The van der Waals surface area contributed by atoms with Gasteiger partial charge in [-0.1, -0.05) is 84.9 Å². The summed E-state index contributed by atoms with van der Waals surface area (Å²) < 4.78 is 9.44. The number of hydrogen-bond donors (Lipinski definition) is 0. The molecule has 5 aromatic rings. The number of nitrogens with zero attached hydrogens (tertiary/aromatic N) is 1. The number of ether oxygens (including phenoxy) is 1. The van der Waals surface area contributed by atoms with Crippen LogP contribution >= 0.6 is 0 Å². The third-order valence-corrected chi connectivity index (χ3v) is 10.5. The maximum Gasteiger partial charge on any atom is 0.228 e. The molecule has 0 atom stereocenters. The van der Waals surface area contributed by atoms with Crippen LogP contribution in [0.4, 0.5) is 0 Å². The maximum atomic E-state index is 7.10. The van der Waals surface area contributed by atoms with Crippen molar-refractivity contribution in [2.45, 2.75) is 99.8 Å². The van der Waals surface area contributed by atoms with Crippen LogP contribution < -0.4 is 9.30 Å². The van der Waals surface area contributed by atoms with Crippen molar-refractivity contribution < 1.29 is 9.30 Å². The molecular weight excluding hydrogens is 534 g/mol. The first-order valence-electron chi connectivity index (χ1n) is 16.9. The number of aromatic nitrogens is 1. The van der Waals surface area contributed by atoms with E-state index < -0.39 is 0 Å². The molecule has 228 valence electrons. The molecule has 1 aromatic heterocycles. The van der Waals surface area contributed by atoms with Gasteiger partial charge in [-0.05, 0) is 112 Å². The third-order valence-electron chi connectivity index (χ3n) is 10.5. The Balaban J connectivity index is 1.48. The van der Waals surface area contributed by atoms with E-state index in [0.717, 1.165) is 24.3 Å². The first-order chi connectivity index (χ1) is 20.8. The molecule has 0 saturated heterocycles. The van der Waals surface area contributed by atoms with Gasteiger partial charge in [0.05, 0.1) is 10.9 Å². The Labute approximate surface area is 264 Å². The quantitative estimate of drug-likeness (QED) is 0.148. The highest BCUT2D eigenvalue weighted by molar-refractivity contribution is 6.16. The van der Waals surface area contributed by atoms with Crippen molar-refractivity contribution in [3.8, 4) is 22.8 Å². The minimum atomic E-state index is 0.240. The van der Waals surface area contributed by atoms with Crippen LogP contribution in [0.25, 0.3) is 43.6 Å². The lowest BCUT2D eigenvalue weighted by Gasteiger charge is -2.34. The number of hydrogen-bond acceptors (Lipinski definition) is 1. The SMILES string of the molecule is Cc1c2c(c(CC(C)C)c3ccc(CC(C)(C)C)cc13)Oc1cc3ccc(C4CCC(C)(C)CC4)cc3c3cc[n+](C)c-2c13. The molecule has 0 N–H and O–H groups in total. The summed E-state index contributed by atoms with van der Waals surface area (Å²) in [4.78, 5) is 0. The highest BCUT2D eigenvalue weighted by Gasteiger charge is 2.34. The van der Waals surface area contributed by atoms with Crippen molar-refractivity contribution in [3.05, 3.63) is 77.0 Å². The molecule has 0 spiro atoms. The minimum absolute atomic E-state index is 0.240. The van der Waals surface area contributed by atoms with Crippen molar-refractivity contribution in [2.24, 2.45) is 23.8 Å². The highest BCUT2D eigenvalue weighted by Crippen LogP contribution is 2.53. The summed E-state index contributed by atoms with van der Waals surface area (Å²) in [5, 5.41) is 7.89. The lowest BCUT2D eigenvalue weighted by atomic mass is 9.71. The van der Waals surface area contributed by atoms with Gasteiger partial charge in [0.25, 0.3) is 0 Å². The molecule has 0 unspecified atom stereocenters. The van der Waals surface area contributed by atoms with Gasteiger partial charge in [0.2, 0.25) is 5.69 Å². The Hall–Kier alpha value is -3.39. The fraction of sp³-hybridized carbons (Fsp3) is 0.452. The average molecular weight is 585 g/mol. The molecular formula is C42H50NO+. The van der Waals surface area contributed by atoms with Crippen molar-refractivity contribution in [2.75, 3.05) is 0 Å². The van der Waals surface area contributed by atoms with Gasteiger partial charge in [-0.15, -0.1) is 0 Å². The van der Waals surface area contributed by atoms with Crippen molar-refractivity contribution in [1.29, 1.82) is 0 Å². The molecule has 2 aliphatic rings. The van der Waals surface area contributed by atoms with Crippen LogP contribution in [0.5, 0.6) is 11.5 Å². The van der Waals surface area contributed by atoms with Gasteiger partial charge in [-0.2, -0.15) is 0 Å². The van der Waals surface area contributed by atoms with Gasteiger partial charge in [-0.3, -0.25) is 0 Å². The zero-order chi connectivity index (χ0) is 31.1. The molecule has 44 heavy (non-hydrogen) atoms. The third kappa shape index (κ3) is 4.99. The fourth-order valence-corrected chi connectivity index (χ4v) is 8.22. The maximum absolute atomic E-state index is 7.10. The number of fused-ring (bicyclic) bond motifs is 5. The molecule has 7 rings (SSSR count). The summed E-state index contributed by atoms with van der Waals surface area (Å²) in [6.45, 7) is 18.8. The lowest BCUT2D eigenvalue weighted by molar-refractivity contribution is -0.659. The number of pyridine rings is 1. The Morgan fingerprint density at radius 3 is 2.36 bits per heavy atom. The van der Waals surface area contributed by atoms with Crippen LogP contribution in [0.15, 0.2) is 54.7 Å². The standard InChI is InChI=1S/C42H50NO/c1-25(2)20-35-31-13-10-27(24-41(4,5)6)21-33(31)26(3)37-39-38-32(16-19-43(39)9)34-22-29(28-14-17-42(7,8)18-15-28)11-12-30(34)23-36(38)44-40(35)37/h10-13,16,19,21-23,25,28H,14-15,17-18,20,24H2,1-9H3/q+1.